The zero-order chi connectivity index (χ0) is 16.9. The molecule has 1 aliphatic carbocycles. The van der Waals surface area contributed by atoms with Crippen molar-refractivity contribution in [2.24, 2.45) is 11.3 Å². The fourth-order valence-electron chi connectivity index (χ4n) is 3.53. The van der Waals surface area contributed by atoms with Crippen LogP contribution in [-0.4, -0.2) is 17.9 Å². The van der Waals surface area contributed by atoms with Gasteiger partial charge in [0, 0.05) is 6.42 Å². The standard InChI is InChI=1S/C19H34O4/c1-15(14-16-10-6-5-7-11-16)21-17(20)19(22-23-19)13-9-8-12-18(2,3)4/h15-16H,5-14H2,1-4H3. The van der Waals surface area contributed by atoms with E-state index in [4.69, 9.17) is 14.5 Å². The molecule has 0 amide bonds. The van der Waals surface area contributed by atoms with Gasteiger partial charge in [-0.15, -0.1) is 0 Å². The maximum Gasteiger partial charge on any atom is 0.372 e. The second-order valence-electron chi connectivity index (χ2n) is 8.64. The van der Waals surface area contributed by atoms with Crippen LogP contribution in [0.15, 0.2) is 0 Å². The molecule has 0 N–H and O–H groups in total. The maximum absolute atomic E-state index is 12.3. The Morgan fingerprint density at radius 1 is 1.17 bits per heavy atom. The number of hydrogen-bond donors (Lipinski definition) is 0. The normalized spacial score (nSPS) is 22.6. The SMILES string of the molecule is CC(CC1CCCCC1)OC(=O)C1(CCCCC(C)(C)C)OO1. The van der Waals surface area contributed by atoms with E-state index < -0.39 is 5.79 Å². The number of carbonyl (C=O) groups is 1. The summed E-state index contributed by atoms with van der Waals surface area (Å²) >= 11 is 0. The molecule has 23 heavy (non-hydrogen) atoms. The van der Waals surface area contributed by atoms with Crippen LogP contribution in [0.5, 0.6) is 0 Å². The third-order valence-corrected chi connectivity index (χ3v) is 4.98. The molecular formula is C19H34O4. The molecule has 1 saturated carbocycles. The summed E-state index contributed by atoms with van der Waals surface area (Å²) in [7, 11) is 0. The molecule has 4 nitrogen and oxygen atoms in total. The molecule has 1 atom stereocenters. The largest absolute Gasteiger partial charge is 0.459 e. The van der Waals surface area contributed by atoms with Gasteiger partial charge in [0.25, 0.3) is 0 Å². The van der Waals surface area contributed by atoms with Crippen molar-refractivity contribution in [1.29, 1.82) is 0 Å². The van der Waals surface area contributed by atoms with Crippen LogP contribution >= 0.6 is 0 Å². The molecular weight excluding hydrogens is 292 g/mol. The monoisotopic (exact) mass is 326 g/mol. The lowest BCUT2D eigenvalue weighted by Crippen LogP contribution is -2.31. The summed E-state index contributed by atoms with van der Waals surface area (Å²) in [5.41, 5.74) is 0.327. The van der Waals surface area contributed by atoms with Gasteiger partial charge in [-0.05, 0) is 37.5 Å². The molecule has 0 aromatic carbocycles. The second-order valence-corrected chi connectivity index (χ2v) is 8.64. The fourth-order valence-corrected chi connectivity index (χ4v) is 3.53. The molecule has 0 aromatic heterocycles. The summed E-state index contributed by atoms with van der Waals surface area (Å²) in [6.07, 6.45) is 11.2. The van der Waals surface area contributed by atoms with Crippen molar-refractivity contribution >= 4 is 5.97 Å². The van der Waals surface area contributed by atoms with Crippen LogP contribution in [0.4, 0.5) is 0 Å². The Morgan fingerprint density at radius 2 is 1.83 bits per heavy atom. The van der Waals surface area contributed by atoms with E-state index in [1.165, 1.54) is 32.1 Å². The van der Waals surface area contributed by atoms with Crippen molar-refractivity contribution in [3.05, 3.63) is 0 Å². The first kappa shape index (κ1) is 18.7. The third kappa shape index (κ3) is 6.42. The number of unbranched alkanes of at least 4 members (excludes halogenated alkanes) is 1. The molecule has 1 aliphatic heterocycles. The minimum atomic E-state index is -1.10. The summed E-state index contributed by atoms with van der Waals surface area (Å²) in [4.78, 5) is 22.3. The highest BCUT2D eigenvalue weighted by atomic mass is 17.4. The minimum Gasteiger partial charge on any atom is -0.459 e. The van der Waals surface area contributed by atoms with Crippen molar-refractivity contribution in [3.63, 3.8) is 0 Å². The molecule has 0 bridgehead atoms. The molecule has 1 saturated heterocycles. The maximum atomic E-state index is 12.3. The molecule has 0 radical (unpaired) electrons. The topological polar surface area (TPSA) is 51.4 Å². The van der Waals surface area contributed by atoms with Crippen molar-refractivity contribution in [3.8, 4) is 0 Å². The summed E-state index contributed by atoms with van der Waals surface area (Å²) < 4.78 is 5.59. The van der Waals surface area contributed by atoms with Crippen molar-refractivity contribution in [1.82, 2.24) is 0 Å². The average molecular weight is 326 g/mol. The molecule has 0 spiro atoms. The Hall–Kier alpha value is -0.610. The van der Waals surface area contributed by atoms with Gasteiger partial charge in [-0.2, -0.15) is 9.78 Å². The highest BCUT2D eigenvalue weighted by molar-refractivity contribution is 5.79. The van der Waals surface area contributed by atoms with Gasteiger partial charge >= 0.3 is 11.8 Å². The van der Waals surface area contributed by atoms with Crippen molar-refractivity contribution in [2.75, 3.05) is 0 Å². The first-order valence-corrected chi connectivity index (χ1v) is 9.39. The van der Waals surface area contributed by atoms with E-state index in [0.717, 1.165) is 25.7 Å². The Kier molecular flexibility index (Phi) is 6.49. The van der Waals surface area contributed by atoms with Crippen LogP contribution in [-0.2, 0) is 19.3 Å². The lowest BCUT2D eigenvalue weighted by molar-refractivity contribution is -0.157. The fraction of sp³-hybridized carbons (Fsp3) is 0.947. The van der Waals surface area contributed by atoms with Gasteiger partial charge in [0.2, 0.25) is 0 Å². The van der Waals surface area contributed by atoms with Gasteiger partial charge in [0.1, 0.15) is 0 Å². The van der Waals surface area contributed by atoms with E-state index in [1.807, 2.05) is 6.92 Å². The molecule has 2 aliphatic rings. The zero-order valence-electron chi connectivity index (χ0n) is 15.4. The molecule has 134 valence electrons. The van der Waals surface area contributed by atoms with Gasteiger partial charge in [-0.1, -0.05) is 59.3 Å². The average Bonchev–Trinajstić information content (AvgIpc) is 3.25. The third-order valence-electron chi connectivity index (χ3n) is 4.98. The van der Waals surface area contributed by atoms with E-state index in [2.05, 4.69) is 20.8 Å². The lowest BCUT2D eigenvalue weighted by atomic mass is 9.85. The van der Waals surface area contributed by atoms with Gasteiger partial charge < -0.3 is 4.74 Å². The van der Waals surface area contributed by atoms with Crippen LogP contribution in [0.2, 0.25) is 0 Å². The summed E-state index contributed by atoms with van der Waals surface area (Å²) in [5, 5.41) is 0. The van der Waals surface area contributed by atoms with Crippen LogP contribution in [0, 0.1) is 11.3 Å². The number of carbonyl (C=O) groups excluding carboxylic acids is 1. The molecule has 0 aromatic rings. The minimum absolute atomic E-state index is 0.0511. The van der Waals surface area contributed by atoms with E-state index in [-0.39, 0.29) is 12.1 Å². The summed E-state index contributed by atoms with van der Waals surface area (Å²) in [5.74, 6) is -0.731. The first-order chi connectivity index (χ1) is 10.8. The van der Waals surface area contributed by atoms with E-state index in [1.54, 1.807) is 0 Å². The number of hydrogen-bond acceptors (Lipinski definition) is 4. The lowest BCUT2D eigenvalue weighted by Gasteiger charge is -2.24. The van der Waals surface area contributed by atoms with Crippen LogP contribution in [0.1, 0.15) is 91.9 Å². The smallest absolute Gasteiger partial charge is 0.372 e. The first-order valence-electron chi connectivity index (χ1n) is 9.39. The van der Waals surface area contributed by atoms with Crippen LogP contribution < -0.4 is 0 Å². The molecule has 4 heteroatoms. The Bertz CT molecular complexity index is 375. The van der Waals surface area contributed by atoms with Gasteiger partial charge in [-0.3, -0.25) is 0 Å². The van der Waals surface area contributed by atoms with E-state index in [0.29, 0.717) is 17.8 Å². The number of ether oxygens (including phenoxy) is 1. The van der Waals surface area contributed by atoms with Crippen molar-refractivity contribution < 1.29 is 19.3 Å². The van der Waals surface area contributed by atoms with Crippen LogP contribution in [0.3, 0.4) is 0 Å². The second kappa shape index (κ2) is 7.98. The Morgan fingerprint density at radius 3 is 2.39 bits per heavy atom. The van der Waals surface area contributed by atoms with Gasteiger partial charge in [-0.25, -0.2) is 4.79 Å². The molecule has 2 rings (SSSR count). The number of rotatable bonds is 8. The highest BCUT2D eigenvalue weighted by Crippen LogP contribution is 2.38. The zero-order valence-corrected chi connectivity index (χ0v) is 15.4. The Balaban J connectivity index is 1.67. The van der Waals surface area contributed by atoms with Crippen LogP contribution in [0.25, 0.3) is 0 Å². The quantitative estimate of drug-likeness (QED) is 0.268. The summed E-state index contributed by atoms with van der Waals surface area (Å²) in [6, 6.07) is 0. The number of esters is 1. The predicted octanol–water partition coefficient (Wildman–Crippen LogP) is 5.15. The van der Waals surface area contributed by atoms with Crippen molar-refractivity contribution in [2.45, 2.75) is 104 Å². The highest BCUT2D eigenvalue weighted by Gasteiger charge is 2.58. The Labute approximate surface area is 141 Å². The van der Waals surface area contributed by atoms with E-state index >= 15 is 0 Å². The predicted molar refractivity (Wildman–Crippen MR) is 89.6 cm³/mol. The molecule has 1 heterocycles. The summed E-state index contributed by atoms with van der Waals surface area (Å²) in [6.45, 7) is 8.68. The van der Waals surface area contributed by atoms with E-state index in [9.17, 15) is 4.79 Å². The molecule has 2 fully saturated rings. The van der Waals surface area contributed by atoms with Gasteiger partial charge in [0.05, 0.1) is 6.10 Å². The van der Waals surface area contributed by atoms with Gasteiger partial charge in [0.15, 0.2) is 0 Å². The molecule has 1 unspecified atom stereocenters.